The Labute approximate surface area is 168 Å². The van der Waals surface area contributed by atoms with Gasteiger partial charge in [-0.2, -0.15) is 0 Å². The first-order valence-corrected chi connectivity index (χ1v) is 9.57. The lowest BCUT2D eigenvalue weighted by molar-refractivity contribution is -0.129. The molecule has 152 valence electrons. The van der Waals surface area contributed by atoms with Gasteiger partial charge in [-0.3, -0.25) is 9.59 Å². The average Bonchev–Trinajstić information content (AvgIpc) is 3.15. The quantitative estimate of drug-likeness (QED) is 0.728. The molecule has 0 spiro atoms. The van der Waals surface area contributed by atoms with Gasteiger partial charge in [-0.25, -0.2) is 9.18 Å². The summed E-state index contributed by atoms with van der Waals surface area (Å²) in [6.07, 6.45) is 0.873. The molecule has 0 saturated carbocycles. The number of ether oxygens (including phenoxy) is 1. The molecule has 1 saturated heterocycles. The molecule has 2 amide bonds. The molecule has 29 heavy (non-hydrogen) atoms. The fourth-order valence-corrected chi connectivity index (χ4v) is 3.13. The number of carbonyl (C=O) groups excluding carboxylic acids is 3. The number of rotatable bonds is 7. The van der Waals surface area contributed by atoms with E-state index >= 15 is 0 Å². The predicted molar refractivity (Wildman–Crippen MR) is 106 cm³/mol. The molecular weight excluding hydrogens is 375 g/mol. The third-order valence-electron chi connectivity index (χ3n) is 4.75. The van der Waals surface area contributed by atoms with E-state index in [-0.39, 0.29) is 17.3 Å². The van der Waals surface area contributed by atoms with E-state index in [2.05, 4.69) is 5.32 Å². The number of carbonyl (C=O) groups is 3. The van der Waals surface area contributed by atoms with Crippen molar-refractivity contribution >= 4 is 23.5 Å². The minimum absolute atomic E-state index is 0.0319. The Hall–Kier alpha value is -3.22. The third kappa shape index (κ3) is 5.40. The highest BCUT2D eigenvalue weighted by Crippen LogP contribution is 2.22. The monoisotopic (exact) mass is 398 g/mol. The molecule has 2 aromatic carbocycles. The van der Waals surface area contributed by atoms with Crippen LogP contribution in [-0.4, -0.2) is 37.0 Å². The summed E-state index contributed by atoms with van der Waals surface area (Å²) in [7, 11) is 0. The fraction of sp³-hybridized carbons (Fsp3) is 0.318. The molecule has 2 aromatic rings. The van der Waals surface area contributed by atoms with Gasteiger partial charge in [0.25, 0.3) is 5.91 Å². The van der Waals surface area contributed by atoms with Crippen LogP contribution in [-0.2, 0) is 20.7 Å². The largest absolute Gasteiger partial charge is 0.449 e. The number of amides is 2. The van der Waals surface area contributed by atoms with E-state index in [0.717, 1.165) is 12.0 Å². The van der Waals surface area contributed by atoms with Crippen molar-refractivity contribution in [2.24, 2.45) is 0 Å². The van der Waals surface area contributed by atoms with Gasteiger partial charge in [0.2, 0.25) is 5.91 Å². The molecule has 1 aliphatic rings. The van der Waals surface area contributed by atoms with Crippen molar-refractivity contribution in [3.05, 3.63) is 65.5 Å². The highest BCUT2D eigenvalue weighted by molar-refractivity contribution is 5.98. The normalized spacial score (nSPS) is 14.6. The lowest BCUT2D eigenvalue weighted by Gasteiger charge is -2.17. The summed E-state index contributed by atoms with van der Waals surface area (Å²) in [5.41, 5.74) is 1.83. The summed E-state index contributed by atoms with van der Waals surface area (Å²) >= 11 is 0. The summed E-state index contributed by atoms with van der Waals surface area (Å²) in [6, 6.07) is 12.7. The molecule has 1 aliphatic heterocycles. The third-order valence-corrected chi connectivity index (χ3v) is 4.75. The zero-order valence-electron chi connectivity index (χ0n) is 16.2. The number of esters is 1. The van der Waals surface area contributed by atoms with Crippen LogP contribution in [0.5, 0.6) is 0 Å². The van der Waals surface area contributed by atoms with Crippen LogP contribution in [0.25, 0.3) is 0 Å². The van der Waals surface area contributed by atoms with E-state index in [0.29, 0.717) is 31.6 Å². The molecule has 6 nitrogen and oxygen atoms in total. The van der Waals surface area contributed by atoms with E-state index in [1.165, 1.54) is 19.1 Å². The standard InChI is InChI=1S/C22H23FN2O4/c1-15(21(27)24-12-11-16-7-9-18(23)10-8-16)29-22(28)17-4-2-5-19(14-17)25-13-3-6-20(25)26/h2,4-5,7-10,14-15H,3,6,11-13H2,1H3,(H,24,27)/t15-/m1/s1. The first kappa shape index (κ1) is 20.5. The van der Waals surface area contributed by atoms with Crippen molar-refractivity contribution in [1.29, 1.82) is 0 Å². The Balaban J connectivity index is 1.51. The van der Waals surface area contributed by atoms with Gasteiger partial charge in [-0.05, 0) is 55.7 Å². The van der Waals surface area contributed by atoms with Gasteiger partial charge in [-0.15, -0.1) is 0 Å². The Morgan fingerprint density at radius 2 is 1.97 bits per heavy atom. The number of hydrogen-bond acceptors (Lipinski definition) is 4. The Bertz CT molecular complexity index is 898. The zero-order chi connectivity index (χ0) is 20.8. The van der Waals surface area contributed by atoms with Gasteiger partial charge < -0.3 is 15.0 Å². The highest BCUT2D eigenvalue weighted by atomic mass is 19.1. The fourth-order valence-electron chi connectivity index (χ4n) is 3.13. The van der Waals surface area contributed by atoms with Crippen molar-refractivity contribution in [2.45, 2.75) is 32.3 Å². The summed E-state index contributed by atoms with van der Waals surface area (Å²) in [4.78, 5) is 38.1. The van der Waals surface area contributed by atoms with E-state index in [1.807, 2.05) is 0 Å². The first-order valence-electron chi connectivity index (χ1n) is 9.57. The van der Waals surface area contributed by atoms with Gasteiger partial charge in [0.1, 0.15) is 5.82 Å². The smallest absolute Gasteiger partial charge is 0.338 e. The SMILES string of the molecule is C[C@@H](OC(=O)c1cccc(N2CCCC2=O)c1)C(=O)NCCc1ccc(F)cc1. The van der Waals surface area contributed by atoms with E-state index in [1.54, 1.807) is 41.3 Å². The van der Waals surface area contributed by atoms with Crippen molar-refractivity contribution in [2.75, 3.05) is 18.0 Å². The molecule has 3 rings (SSSR count). The minimum Gasteiger partial charge on any atom is -0.449 e. The van der Waals surface area contributed by atoms with Crippen LogP contribution in [0.4, 0.5) is 10.1 Å². The minimum atomic E-state index is -0.965. The van der Waals surface area contributed by atoms with Crippen molar-refractivity contribution in [3.63, 3.8) is 0 Å². The number of hydrogen-bond donors (Lipinski definition) is 1. The maximum Gasteiger partial charge on any atom is 0.338 e. The van der Waals surface area contributed by atoms with Gasteiger partial charge in [0, 0.05) is 25.2 Å². The number of anilines is 1. The van der Waals surface area contributed by atoms with Crippen LogP contribution in [0, 0.1) is 5.82 Å². The Morgan fingerprint density at radius 1 is 1.21 bits per heavy atom. The van der Waals surface area contributed by atoms with Gasteiger partial charge in [-0.1, -0.05) is 18.2 Å². The van der Waals surface area contributed by atoms with Crippen molar-refractivity contribution in [3.8, 4) is 0 Å². The lowest BCUT2D eigenvalue weighted by Crippen LogP contribution is -2.37. The van der Waals surface area contributed by atoms with Gasteiger partial charge in [0.15, 0.2) is 6.10 Å². The summed E-state index contributed by atoms with van der Waals surface area (Å²) < 4.78 is 18.2. The van der Waals surface area contributed by atoms with Crippen LogP contribution in [0.1, 0.15) is 35.7 Å². The Kier molecular flexibility index (Phi) is 6.59. The second kappa shape index (κ2) is 9.32. The molecule has 1 N–H and O–H groups in total. The van der Waals surface area contributed by atoms with Crippen LogP contribution in [0.15, 0.2) is 48.5 Å². The van der Waals surface area contributed by atoms with Gasteiger partial charge >= 0.3 is 5.97 Å². The molecule has 7 heteroatoms. The molecule has 0 bridgehead atoms. The second-order valence-electron chi connectivity index (χ2n) is 6.91. The number of halogens is 1. The van der Waals surface area contributed by atoms with Crippen molar-refractivity contribution in [1.82, 2.24) is 5.32 Å². The number of benzene rings is 2. The topological polar surface area (TPSA) is 75.7 Å². The van der Waals surface area contributed by atoms with E-state index in [9.17, 15) is 18.8 Å². The molecule has 0 aromatic heterocycles. The summed E-state index contributed by atoms with van der Waals surface area (Å²) in [6.45, 7) is 2.47. The van der Waals surface area contributed by atoms with Crippen LogP contribution in [0.2, 0.25) is 0 Å². The summed E-state index contributed by atoms with van der Waals surface area (Å²) in [5.74, 6) is -1.31. The average molecular weight is 398 g/mol. The Morgan fingerprint density at radius 3 is 2.66 bits per heavy atom. The first-order chi connectivity index (χ1) is 13.9. The zero-order valence-corrected chi connectivity index (χ0v) is 16.2. The van der Waals surface area contributed by atoms with Crippen LogP contribution >= 0.6 is 0 Å². The molecule has 1 atom stereocenters. The molecule has 1 heterocycles. The maximum absolute atomic E-state index is 12.9. The van der Waals surface area contributed by atoms with Crippen molar-refractivity contribution < 1.29 is 23.5 Å². The maximum atomic E-state index is 12.9. The van der Waals surface area contributed by atoms with Crippen LogP contribution in [0.3, 0.4) is 0 Å². The highest BCUT2D eigenvalue weighted by Gasteiger charge is 2.23. The molecule has 1 fully saturated rings. The molecule has 0 unspecified atom stereocenters. The summed E-state index contributed by atoms with van der Waals surface area (Å²) in [5, 5.41) is 2.70. The molecule has 0 aliphatic carbocycles. The molecular formula is C22H23FN2O4. The predicted octanol–water partition coefficient (Wildman–Crippen LogP) is 2.86. The lowest BCUT2D eigenvalue weighted by atomic mass is 10.1. The second-order valence-corrected chi connectivity index (χ2v) is 6.91. The number of nitrogens with one attached hydrogen (secondary N) is 1. The van der Waals surface area contributed by atoms with Gasteiger partial charge in [0.05, 0.1) is 5.56 Å². The van der Waals surface area contributed by atoms with E-state index in [4.69, 9.17) is 4.74 Å². The number of nitrogens with zero attached hydrogens (tertiary/aromatic N) is 1. The molecule has 0 radical (unpaired) electrons. The van der Waals surface area contributed by atoms with Crippen LogP contribution < -0.4 is 10.2 Å². The van der Waals surface area contributed by atoms with E-state index < -0.39 is 18.0 Å².